The number of aromatic nitrogens is 1. The molecule has 1 heterocycles. The van der Waals surface area contributed by atoms with E-state index >= 15 is 0 Å². The first-order chi connectivity index (χ1) is 10.9. The van der Waals surface area contributed by atoms with Gasteiger partial charge in [0.2, 0.25) is 5.91 Å². The average Bonchev–Trinajstić information content (AvgIpc) is 2.85. The van der Waals surface area contributed by atoms with Crippen LogP contribution in [0.2, 0.25) is 5.02 Å². The number of aryl methyl sites for hydroxylation is 2. The zero-order chi connectivity index (χ0) is 17.0. The Bertz CT molecular complexity index is 665. The lowest BCUT2D eigenvalue weighted by atomic mass is 9.99. The number of halogens is 1. The lowest BCUT2D eigenvalue weighted by molar-refractivity contribution is -0.122. The van der Waals surface area contributed by atoms with Crippen LogP contribution in [0, 0.1) is 13.8 Å². The molecule has 0 saturated heterocycles. The summed E-state index contributed by atoms with van der Waals surface area (Å²) in [5, 5.41) is 7.32. The summed E-state index contributed by atoms with van der Waals surface area (Å²) in [5.74, 6) is 0.864. The number of hydrogen-bond donors (Lipinski definition) is 1. The highest BCUT2D eigenvalue weighted by Gasteiger charge is 2.23. The number of nitrogens with zero attached hydrogens (tertiary/aromatic N) is 1. The van der Waals surface area contributed by atoms with Crippen molar-refractivity contribution in [2.75, 3.05) is 6.54 Å². The highest BCUT2D eigenvalue weighted by molar-refractivity contribution is 6.32. The van der Waals surface area contributed by atoms with E-state index < -0.39 is 0 Å². The van der Waals surface area contributed by atoms with Gasteiger partial charge in [0, 0.05) is 5.56 Å². The Hall–Kier alpha value is -2.01. The largest absolute Gasteiger partial charge is 0.487 e. The van der Waals surface area contributed by atoms with Gasteiger partial charge in [0.1, 0.15) is 17.6 Å². The summed E-state index contributed by atoms with van der Waals surface area (Å²) in [6, 6.07) is 7.26. The fourth-order valence-electron chi connectivity index (χ4n) is 2.44. The molecule has 2 atom stereocenters. The number of para-hydroxylation sites is 1. The molecule has 5 nitrogen and oxygen atoms in total. The molecule has 0 radical (unpaired) electrons. The number of nitrogens with one attached hydrogen (secondary N) is 1. The van der Waals surface area contributed by atoms with Crippen LogP contribution in [0.15, 0.2) is 28.8 Å². The van der Waals surface area contributed by atoms with E-state index in [4.69, 9.17) is 20.9 Å². The van der Waals surface area contributed by atoms with Crippen molar-refractivity contribution < 1.29 is 14.1 Å². The van der Waals surface area contributed by atoms with Crippen molar-refractivity contribution in [1.29, 1.82) is 0 Å². The predicted octanol–water partition coefficient (Wildman–Crippen LogP) is 3.63. The molecule has 0 saturated carbocycles. The molecule has 0 unspecified atom stereocenters. The molecule has 1 amide bonds. The first-order valence-electron chi connectivity index (χ1n) is 7.51. The Morgan fingerprint density at radius 3 is 2.65 bits per heavy atom. The lowest BCUT2D eigenvalue weighted by Crippen LogP contribution is -2.36. The van der Waals surface area contributed by atoms with Crippen molar-refractivity contribution in [3.63, 3.8) is 0 Å². The quantitative estimate of drug-likeness (QED) is 0.874. The third-order valence-corrected chi connectivity index (χ3v) is 3.96. The number of benzene rings is 1. The standard InChI is InChI=1S/C17H21ClN2O3/c1-10(22-15-8-6-5-7-14(15)18)9-19-17(21)11(2)16-12(3)20-23-13(16)4/h5-8,10-11H,9H2,1-4H3,(H,19,21)/t10-,11-/m1/s1. The Morgan fingerprint density at radius 2 is 2.04 bits per heavy atom. The predicted molar refractivity (Wildman–Crippen MR) is 88.9 cm³/mol. The zero-order valence-corrected chi connectivity index (χ0v) is 14.5. The van der Waals surface area contributed by atoms with E-state index in [1.165, 1.54) is 0 Å². The van der Waals surface area contributed by atoms with E-state index in [0.29, 0.717) is 23.1 Å². The van der Waals surface area contributed by atoms with Crippen molar-refractivity contribution in [3.05, 3.63) is 46.3 Å². The number of ether oxygens (including phenoxy) is 1. The molecule has 1 N–H and O–H groups in total. The smallest absolute Gasteiger partial charge is 0.227 e. The van der Waals surface area contributed by atoms with E-state index in [1.54, 1.807) is 12.1 Å². The fourth-order valence-corrected chi connectivity index (χ4v) is 2.62. The minimum Gasteiger partial charge on any atom is -0.487 e. The summed E-state index contributed by atoms with van der Waals surface area (Å²) < 4.78 is 10.9. The third-order valence-electron chi connectivity index (χ3n) is 3.64. The molecule has 23 heavy (non-hydrogen) atoms. The van der Waals surface area contributed by atoms with E-state index in [1.807, 2.05) is 39.8 Å². The minimum atomic E-state index is -0.325. The van der Waals surface area contributed by atoms with Gasteiger partial charge in [-0.25, -0.2) is 0 Å². The average molecular weight is 337 g/mol. The van der Waals surface area contributed by atoms with Gasteiger partial charge in [-0.1, -0.05) is 28.9 Å². The second-order valence-electron chi connectivity index (χ2n) is 5.56. The Balaban J connectivity index is 1.90. The number of carbonyl (C=O) groups excluding carboxylic acids is 1. The van der Waals surface area contributed by atoms with Crippen molar-refractivity contribution >= 4 is 17.5 Å². The molecule has 2 aromatic rings. The molecular weight excluding hydrogens is 316 g/mol. The van der Waals surface area contributed by atoms with E-state index in [-0.39, 0.29) is 17.9 Å². The molecule has 2 rings (SSSR count). The maximum Gasteiger partial charge on any atom is 0.227 e. The first kappa shape index (κ1) is 17.3. The van der Waals surface area contributed by atoms with Gasteiger partial charge in [-0.15, -0.1) is 0 Å². The summed E-state index contributed by atoms with van der Waals surface area (Å²) in [4.78, 5) is 12.3. The SMILES string of the molecule is Cc1noc(C)c1[C@@H](C)C(=O)NC[C@@H](C)Oc1ccccc1Cl. The van der Waals surface area contributed by atoms with Crippen LogP contribution in [0.1, 0.15) is 36.8 Å². The van der Waals surface area contributed by atoms with Gasteiger partial charge in [-0.05, 0) is 39.8 Å². The van der Waals surface area contributed by atoms with Crippen LogP contribution in [-0.2, 0) is 4.79 Å². The molecular formula is C17H21ClN2O3. The highest BCUT2D eigenvalue weighted by atomic mass is 35.5. The van der Waals surface area contributed by atoms with Gasteiger partial charge < -0.3 is 14.6 Å². The molecule has 124 valence electrons. The van der Waals surface area contributed by atoms with Gasteiger partial charge in [0.15, 0.2) is 0 Å². The summed E-state index contributed by atoms with van der Waals surface area (Å²) in [6.07, 6.45) is -0.198. The maximum absolute atomic E-state index is 12.3. The number of rotatable bonds is 6. The highest BCUT2D eigenvalue weighted by Crippen LogP contribution is 2.25. The van der Waals surface area contributed by atoms with Crippen LogP contribution in [-0.4, -0.2) is 23.7 Å². The monoisotopic (exact) mass is 336 g/mol. The summed E-state index contributed by atoms with van der Waals surface area (Å²) >= 11 is 6.05. The van der Waals surface area contributed by atoms with Gasteiger partial charge >= 0.3 is 0 Å². The van der Waals surface area contributed by atoms with Crippen LogP contribution in [0.3, 0.4) is 0 Å². The minimum absolute atomic E-state index is 0.0889. The summed E-state index contributed by atoms with van der Waals surface area (Å²) in [6.45, 7) is 7.74. The molecule has 1 aromatic heterocycles. The van der Waals surface area contributed by atoms with Gasteiger partial charge in [-0.3, -0.25) is 4.79 Å². The molecule has 1 aromatic carbocycles. The van der Waals surface area contributed by atoms with Gasteiger partial charge in [0.25, 0.3) is 0 Å². The third kappa shape index (κ3) is 4.26. The normalized spacial score (nSPS) is 13.4. The Labute approximate surface area is 141 Å². The molecule has 0 aliphatic rings. The van der Waals surface area contributed by atoms with Gasteiger partial charge in [-0.2, -0.15) is 0 Å². The Kier molecular flexibility index (Phi) is 5.66. The number of amides is 1. The van der Waals surface area contributed by atoms with Crippen LogP contribution in [0.4, 0.5) is 0 Å². The fraction of sp³-hybridized carbons (Fsp3) is 0.412. The van der Waals surface area contributed by atoms with Crippen LogP contribution >= 0.6 is 11.6 Å². The molecule has 0 spiro atoms. The molecule has 0 bridgehead atoms. The topological polar surface area (TPSA) is 64.4 Å². The Morgan fingerprint density at radius 1 is 1.35 bits per heavy atom. The molecule has 0 fully saturated rings. The summed E-state index contributed by atoms with van der Waals surface area (Å²) in [5.41, 5.74) is 1.58. The first-order valence-corrected chi connectivity index (χ1v) is 7.89. The van der Waals surface area contributed by atoms with Crippen molar-refractivity contribution in [1.82, 2.24) is 10.5 Å². The second-order valence-corrected chi connectivity index (χ2v) is 5.97. The number of carbonyl (C=O) groups is 1. The molecule has 0 aliphatic heterocycles. The van der Waals surface area contributed by atoms with Crippen LogP contribution in [0.5, 0.6) is 5.75 Å². The van der Waals surface area contributed by atoms with Crippen molar-refractivity contribution in [2.45, 2.75) is 39.7 Å². The van der Waals surface area contributed by atoms with E-state index in [0.717, 1.165) is 11.3 Å². The maximum atomic E-state index is 12.3. The lowest BCUT2D eigenvalue weighted by Gasteiger charge is -2.18. The van der Waals surface area contributed by atoms with E-state index in [9.17, 15) is 4.79 Å². The van der Waals surface area contributed by atoms with Crippen LogP contribution < -0.4 is 10.1 Å². The zero-order valence-electron chi connectivity index (χ0n) is 13.7. The summed E-state index contributed by atoms with van der Waals surface area (Å²) in [7, 11) is 0. The van der Waals surface area contributed by atoms with Crippen LogP contribution in [0.25, 0.3) is 0 Å². The van der Waals surface area contributed by atoms with Crippen molar-refractivity contribution in [3.8, 4) is 5.75 Å². The van der Waals surface area contributed by atoms with Crippen molar-refractivity contribution in [2.24, 2.45) is 0 Å². The molecule has 6 heteroatoms. The second kappa shape index (κ2) is 7.51. The van der Waals surface area contributed by atoms with E-state index in [2.05, 4.69) is 10.5 Å². The number of hydrogen-bond acceptors (Lipinski definition) is 4. The van der Waals surface area contributed by atoms with Gasteiger partial charge in [0.05, 0.1) is 23.2 Å². The molecule has 0 aliphatic carbocycles.